The first kappa shape index (κ1) is 8.62. The molecule has 2 rings (SSSR count). The summed E-state index contributed by atoms with van der Waals surface area (Å²) in [6.07, 6.45) is -2.48. The van der Waals surface area contributed by atoms with E-state index in [4.69, 9.17) is 4.42 Å². The number of hydrogen-bond donors (Lipinski definition) is 0. The van der Waals surface area contributed by atoms with Gasteiger partial charge in [0.1, 0.15) is 5.52 Å². The Morgan fingerprint density at radius 2 is 2.15 bits per heavy atom. The molecular weight excluding hydrogens is 244 g/mol. The van der Waals surface area contributed by atoms with Gasteiger partial charge in [0.05, 0.1) is 0 Å². The van der Waals surface area contributed by atoms with Crippen LogP contribution in [0.1, 0.15) is 12.0 Å². The Balaban J connectivity index is 2.61. The second kappa shape index (κ2) is 3.06. The first-order valence-electron chi connectivity index (χ1n) is 3.51. The fourth-order valence-corrected chi connectivity index (χ4v) is 1.41. The van der Waals surface area contributed by atoms with Gasteiger partial charge in [-0.15, -0.1) is 0 Å². The molecule has 0 N–H and O–H groups in total. The minimum absolute atomic E-state index is 0.0591. The third kappa shape index (κ3) is 1.56. The van der Waals surface area contributed by atoms with Gasteiger partial charge in [-0.05, 0) is 12.1 Å². The zero-order chi connectivity index (χ0) is 9.42. The van der Waals surface area contributed by atoms with Crippen LogP contribution in [0.3, 0.4) is 0 Å². The summed E-state index contributed by atoms with van der Waals surface area (Å²) in [6, 6.07) is 4.13. The Kier molecular flexibility index (Phi) is 2.03. The van der Waals surface area contributed by atoms with E-state index in [1.807, 2.05) is 0 Å². The normalized spacial score (nSPS) is 11.4. The lowest BCUT2D eigenvalue weighted by Gasteiger charge is -1.96. The molecule has 2 nitrogen and oxygen atoms in total. The minimum atomic E-state index is -2.48. The van der Waals surface area contributed by atoms with E-state index in [1.54, 1.807) is 0 Å². The van der Waals surface area contributed by atoms with Gasteiger partial charge in [-0.1, -0.05) is 6.07 Å². The van der Waals surface area contributed by atoms with E-state index >= 15 is 0 Å². The van der Waals surface area contributed by atoms with Crippen molar-refractivity contribution in [3.05, 3.63) is 28.6 Å². The maximum absolute atomic E-state index is 12.2. The van der Waals surface area contributed by atoms with Crippen molar-refractivity contribution >= 4 is 27.0 Å². The van der Waals surface area contributed by atoms with Gasteiger partial charge >= 0.3 is 0 Å². The van der Waals surface area contributed by atoms with Crippen molar-refractivity contribution in [3.63, 3.8) is 0 Å². The molecule has 2 aromatic rings. The predicted octanol–water partition coefficient (Wildman–Crippen LogP) is 3.53. The number of hydrogen-bond acceptors (Lipinski definition) is 2. The maximum Gasteiger partial charge on any atom is 0.265 e. The Morgan fingerprint density at radius 3 is 2.85 bits per heavy atom. The molecule has 1 aromatic heterocycles. The average Bonchev–Trinajstić information content (AvgIpc) is 2.42. The molecule has 68 valence electrons. The number of halogens is 3. The summed E-state index contributed by atoms with van der Waals surface area (Å²) in [5, 5.41) is 0. The number of benzene rings is 1. The van der Waals surface area contributed by atoms with Gasteiger partial charge in [-0.2, -0.15) is 0 Å². The fraction of sp³-hybridized carbons (Fsp3) is 0.125. The van der Waals surface area contributed by atoms with E-state index in [1.165, 1.54) is 18.2 Å². The number of aromatic nitrogens is 1. The van der Waals surface area contributed by atoms with Crippen LogP contribution in [-0.2, 0) is 0 Å². The van der Waals surface area contributed by atoms with Crippen LogP contribution >= 0.6 is 15.9 Å². The van der Waals surface area contributed by atoms with Crippen LogP contribution < -0.4 is 0 Å². The average molecular weight is 248 g/mol. The van der Waals surface area contributed by atoms with Crippen LogP contribution in [0, 0.1) is 0 Å². The molecule has 1 heterocycles. The van der Waals surface area contributed by atoms with Gasteiger partial charge in [-0.25, -0.2) is 13.8 Å². The van der Waals surface area contributed by atoms with E-state index < -0.39 is 6.43 Å². The van der Waals surface area contributed by atoms with E-state index in [0.717, 1.165) is 0 Å². The summed E-state index contributed by atoms with van der Waals surface area (Å²) in [7, 11) is 0. The second-order valence-electron chi connectivity index (χ2n) is 2.49. The van der Waals surface area contributed by atoms with Gasteiger partial charge in [0, 0.05) is 21.5 Å². The van der Waals surface area contributed by atoms with Gasteiger partial charge in [0.25, 0.3) is 11.2 Å². The van der Waals surface area contributed by atoms with Crippen LogP contribution in [0.2, 0.25) is 0 Å². The Labute approximate surface area is 80.7 Å². The highest BCUT2D eigenvalue weighted by Crippen LogP contribution is 2.25. The fourth-order valence-electron chi connectivity index (χ4n) is 1.05. The smallest absolute Gasteiger partial charge is 0.265 e. The summed E-state index contributed by atoms with van der Waals surface area (Å²) in [6.45, 7) is 0. The highest BCUT2D eigenvalue weighted by Gasteiger charge is 2.10. The molecule has 0 spiro atoms. The lowest BCUT2D eigenvalue weighted by Crippen LogP contribution is -1.81. The largest absolute Gasteiger partial charge is 0.431 e. The molecule has 0 aliphatic rings. The number of rotatable bonds is 1. The predicted molar refractivity (Wildman–Crippen MR) is 46.7 cm³/mol. The molecule has 0 unspecified atom stereocenters. The lowest BCUT2D eigenvalue weighted by atomic mass is 10.2. The summed E-state index contributed by atoms with van der Waals surface area (Å²) < 4.78 is 29.5. The van der Waals surface area contributed by atoms with E-state index in [2.05, 4.69) is 20.9 Å². The molecule has 1 aromatic carbocycles. The van der Waals surface area contributed by atoms with Gasteiger partial charge in [0.15, 0.2) is 5.58 Å². The Bertz CT molecular complexity index is 441. The van der Waals surface area contributed by atoms with Crippen molar-refractivity contribution in [2.24, 2.45) is 0 Å². The van der Waals surface area contributed by atoms with Crippen LogP contribution in [0.4, 0.5) is 8.78 Å². The molecule has 0 saturated heterocycles. The molecule has 0 fully saturated rings. The van der Waals surface area contributed by atoms with Crippen molar-refractivity contribution in [1.29, 1.82) is 0 Å². The number of nitrogens with zero attached hydrogens (tertiary/aromatic N) is 1. The van der Waals surface area contributed by atoms with Gasteiger partial charge in [0.2, 0.25) is 0 Å². The summed E-state index contributed by atoms with van der Waals surface area (Å²) >= 11 is 3.02. The third-order valence-corrected chi connectivity index (χ3v) is 1.98. The van der Waals surface area contributed by atoms with Crippen LogP contribution in [0.25, 0.3) is 11.1 Å². The maximum atomic E-state index is 12.2. The Morgan fingerprint density at radius 1 is 1.38 bits per heavy atom. The molecule has 0 bridgehead atoms. The van der Waals surface area contributed by atoms with Crippen LogP contribution in [-0.4, -0.2) is 4.98 Å². The highest BCUT2D eigenvalue weighted by molar-refractivity contribution is 9.10. The van der Waals surface area contributed by atoms with Crippen LogP contribution in [0.5, 0.6) is 0 Å². The zero-order valence-electron chi connectivity index (χ0n) is 6.30. The second-order valence-corrected chi connectivity index (χ2v) is 3.17. The highest BCUT2D eigenvalue weighted by atomic mass is 79.9. The molecule has 0 atom stereocenters. The summed E-state index contributed by atoms with van der Waals surface area (Å²) in [5.41, 5.74) is 0.872. The molecule has 0 saturated carbocycles. The van der Waals surface area contributed by atoms with E-state index in [9.17, 15) is 8.78 Å². The van der Waals surface area contributed by atoms with Gasteiger partial charge in [-0.3, -0.25) is 0 Å². The zero-order valence-corrected chi connectivity index (χ0v) is 7.88. The van der Waals surface area contributed by atoms with Crippen molar-refractivity contribution in [3.8, 4) is 0 Å². The van der Waals surface area contributed by atoms with Gasteiger partial charge < -0.3 is 4.42 Å². The molecular formula is C8H4BrF2NO. The topological polar surface area (TPSA) is 26.0 Å². The summed E-state index contributed by atoms with van der Waals surface area (Å²) in [4.78, 5) is 4.22. The molecule has 0 aliphatic heterocycles. The standard InChI is InChI=1S/C8H4BrF2NO/c9-8-12-5-2-1-4(7(10)11)3-6(5)13-8/h1-3,7H. The van der Waals surface area contributed by atoms with Crippen molar-refractivity contribution in [1.82, 2.24) is 4.98 Å². The molecule has 5 heteroatoms. The molecule has 13 heavy (non-hydrogen) atoms. The SMILES string of the molecule is FC(F)c1ccc2nc(Br)oc2c1. The number of oxazole rings is 1. The first-order chi connectivity index (χ1) is 6.16. The minimum Gasteiger partial charge on any atom is -0.431 e. The molecule has 0 aliphatic carbocycles. The van der Waals surface area contributed by atoms with E-state index in [-0.39, 0.29) is 5.56 Å². The quantitative estimate of drug-likeness (QED) is 0.771. The van der Waals surface area contributed by atoms with Crippen molar-refractivity contribution < 1.29 is 13.2 Å². The number of fused-ring (bicyclic) bond motifs is 1. The third-order valence-electron chi connectivity index (χ3n) is 1.64. The van der Waals surface area contributed by atoms with Crippen molar-refractivity contribution in [2.45, 2.75) is 6.43 Å². The number of alkyl halides is 2. The first-order valence-corrected chi connectivity index (χ1v) is 4.30. The van der Waals surface area contributed by atoms with Crippen molar-refractivity contribution in [2.75, 3.05) is 0 Å². The van der Waals surface area contributed by atoms with Crippen LogP contribution in [0.15, 0.2) is 27.4 Å². The monoisotopic (exact) mass is 247 g/mol. The Hall–Kier alpha value is -0.970. The summed E-state index contributed by atoms with van der Waals surface area (Å²) in [5.74, 6) is 0. The lowest BCUT2D eigenvalue weighted by molar-refractivity contribution is 0.151. The van der Waals surface area contributed by atoms with E-state index in [0.29, 0.717) is 15.9 Å². The molecule has 0 radical (unpaired) electrons. The molecule has 0 amide bonds.